The lowest BCUT2D eigenvalue weighted by molar-refractivity contribution is 0.556. The van der Waals surface area contributed by atoms with E-state index in [1.54, 1.807) is 0 Å². The summed E-state index contributed by atoms with van der Waals surface area (Å²) in [5.41, 5.74) is 3.00. The van der Waals surface area contributed by atoms with Gasteiger partial charge < -0.3 is 5.32 Å². The normalized spacial score (nSPS) is 25.1. The summed E-state index contributed by atoms with van der Waals surface area (Å²) in [5.74, 6) is 0.771. The van der Waals surface area contributed by atoms with Gasteiger partial charge in [0.15, 0.2) is 0 Å². The van der Waals surface area contributed by atoms with Crippen molar-refractivity contribution in [2.75, 3.05) is 5.32 Å². The summed E-state index contributed by atoms with van der Waals surface area (Å²) in [6.45, 7) is 2.32. The molecule has 0 spiro atoms. The Bertz CT molecular complexity index is 490. The van der Waals surface area contributed by atoms with Crippen LogP contribution in [-0.2, 0) is 0 Å². The van der Waals surface area contributed by atoms with E-state index in [4.69, 9.17) is 0 Å². The first-order valence-electron chi connectivity index (χ1n) is 5.90. The summed E-state index contributed by atoms with van der Waals surface area (Å²) in [7, 11) is 0. The van der Waals surface area contributed by atoms with Crippen LogP contribution in [0.1, 0.15) is 26.2 Å². The monoisotopic (exact) mass is 216 g/mol. The van der Waals surface area contributed by atoms with Gasteiger partial charge in [0.2, 0.25) is 0 Å². The predicted molar refractivity (Wildman–Crippen MR) is 64.3 cm³/mol. The number of benzene rings is 1. The van der Waals surface area contributed by atoms with Gasteiger partial charge in [-0.1, -0.05) is 13.3 Å². The van der Waals surface area contributed by atoms with Crippen LogP contribution in [0.25, 0.3) is 11.0 Å². The van der Waals surface area contributed by atoms with E-state index in [0.717, 1.165) is 22.6 Å². The Labute approximate surface area is 94.4 Å². The van der Waals surface area contributed by atoms with Gasteiger partial charge in [-0.15, -0.1) is 0 Å². The fourth-order valence-corrected chi connectivity index (χ4v) is 2.50. The van der Waals surface area contributed by atoms with E-state index in [-0.39, 0.29) is 0 Å². The van der Waals surface area contributed by atoms with Crippen molar-refractivity contribution in [2.45, 2.75) is 32.2 Å². The molecule has 1 heterocycles. The number of rotatable bonds is 2. The highest BCUT2D eigenvalue weighted by atomic mass is 15.3. The Morgan fingerprint density at radius 3 is 2.94 bits per heavy atom. The molecule has 1 aromatic carbocycles. The first kappa shape index (κ1) is 9.63. The molecule has 0 aliphatic heterocycles. The van der Waals surface area contributed by atoms with E-state index < -0.39 is 0 Å². The Hall–Kier alpha value is -1.58. The molecule has 1 aliphatic rings. The van der Waals surface area contributed by atoms with Crippen LogP contribution in [0, 0.1) is 5.92 Å². The standard InChI is InChI=1S/C12H16N4/c1-8-3-2-4-10(8)13-9-5-6-11-12(7-9)15-16-14-11/h5-8,10,13H,2-4H2,1H3,(H,14,15,16). The van der Waals surface area contributed by atoms with Gasteiger partial charge in [-0.05, 0) is 37.0 Å². The summed E-state index contributed by atoms with van der Waals surface area (Å²) in [6.07, 6.45) is 3.95. The van der Waals surface area contributed by atoms with Crippen molar-refractivity contribution >= 4 is 16.7 Å². The number of anilines is 1. The molecule has 1 aliphatic carbocycles. The van der Waals surface area contributed by atoms with Crippen molar-refractivity contribution in [3.63, 3.8) is 0 Å². The van der Waals surface area contributed by atoms with Crippen LogP contribution in [0.15, 0.2) is 18.2 Å². The minimum absolute atomic E-state index is 0.615. The average molecular weight is 216 g/mol. The van der Waals surface area contributed by atoms with Gasteiger partial charge >= 0.3 is 0 Å². The lowest BCUT2D eigenvalue weighted by Gasteiger charge is -2.18. The molecule has 2 N–H and O–H groups in total. The number of nitrogens with one attached hydrogen (secondary N) is 2. The fourth-order valence-electron chi connectivity index (χ4n) is 2.50. The van der Waals surface area contributed by atoms with Gasteiger partial charge in [-0.3, -0.25) is 0 Å². The van der Waals surface area contributed by atoms with Gasteiger partial charge in [-0.2, -0.15) is 15.4 Å². The molecule has 3 rings (SSSR count). The van der Waals surface area contributed by atoms with Crippen LogP contribution in [-0.4, -0.2) is 21.5 Å². The van der Waals surface area contributed by atoms with E-state index in [9.17, 15) is 0 Å². The van der Waals surface area contributed by atoms with Crippen molar-refractivity contribution in [1.82, 2.24) is 15.4 Å². The highest BCUT2D eigenvalue weighted by Gasteiger charge is 2.22. The van der Waals surface area contributed by atoms with Gasteiger partial charge in [0.25, 0.3) is 0 Å². The van der Waals surface area contributed by atoms with Gasteiger partial charge in [0.05, 0.1) is 0 Å². The van der Waals surface area contributed by atoms with Gasteiger partial charge in [-0.25, -0.2) is 0 Å². The van der Waals surface area contributed by atoms with E-state index >= 15 is 0 Å². The van der Waals surface area contributed by atoms with Crippen LogP contribution in [0.3, 0.4) is 0 Å². The number of hydrogen-bond acceptors (Lipinski definition) is 3. The van der Waals surface area contributed by atoms with Crippen molar-refractivity contribution < 1.29 is 0 Å². The third-order valence-corrected chi connectivity index (χ3v) is 3.53. The molecule has 2 aromatic rings. The lowest BCUT2D eigenvalue weighted by atomic mass is 10.1. The maximum atomic E-state index is 4.10. The van der Waals surface area contributed by atoms with Crippen LogP contribution in [0.2, 0.25) is 0 Å². The maximum Gasteiger partial charge on any atom is 0.115 e. The summed E-state index contributed by atoms with van der Waals surface area (Å²) in [4.78, 5) is 0. The predicted octanol–water partition coefficient (Wildman–Crippen LogP) is 2.56. The third-order valence-electron chi connectivity index (χ3n) is 3.53. The summed E-state index contributed by atoms with van der Waals surface area (Å²) in [5, 5.41) is 14.4. The second kappa shape index (κ2) is 3.77. The maximum absolute atomic E-state index is 4.10. The second-order valence-corrected chi connectivity index (χ2v) is 4.69. The van der Waals surface area contributed by atoms with Gasteiger partial charge in [0, 0.05) is 11.7 Å². The SMILES string of the molecule is CC1CCCC1Nc1ccc2n[nH]nc2c1. The van der Waals surface area contributed by atoms with E-state index in [1.165, 1.54) is 19.3 Å². The zero-order chi connectivity index (χ0) is 11.0. The number of H-pyrrole nitrogens is 1. The summed E-state index contributed by atoms with van der Waals surface area (Å²) < 4.78 is 0. The largest absolute Gasteiger partial charge is 0.382 e. The van der Waals surface area contributed by atoms with E-state index in [1.807, 2.05) is 6.07 Å². The van der Waals surface area contributed by atoms with Crippen molar-refractivity contribution in [3.05, 3.63) is 18.2 Å². The zero-order valence-corrected chi connectivity index (χ0v) is 9.40. The molecule has 1 aromatic heterocycles. The smallest absolute Gasteiger partial charge is 0.115 e. The van der Waals surface area contributed by atoms with E-state index in [2.05, 4.69) is 39.8 Å². The quantitative estimate of drug-likeness (QED) is 0.811. The molecule has 16 heavy (non-hydrogen) atoms. The lowest BCUT2D eigenvalue weighted by Crippen LogP contribution is -2.21. The van der Waals surface area contributed by atoms with Crippen LogP contribution < -0.4 is 5.32 Å². The van der Waals surface area contributed by atoms with Crippen molar-refractivity contribution in [2.24, 2.45) is 5.92 Å². The average Bonchev–Trinajstić information content (AvgIpc) is 2.88. The Balaban J connectivity index is 1.83. The third kappa shape index (κ3) is 1.64. The first-order chi connectivity index (χ1) is 7.83. The van der Waals surface area contributed by atoms with Crippen LogP contribution >= 0.6 is 0 Å². The summed E-state index contributed by atoms with van der Waals surface area (Å²) >= 11 is 0. The molecule has 4 heteroatoms. The number of aromatic nitrogens is 3. The molecule has 0 bridgehead atoms. The minimum Gasteiger partial charge on any atom is -0.382 e. The topological polar surface area (TPSA) is 53.6 Å². The fraction of sp³-hybridized carbons (Fsp3) is 0.500. The Morgan fingerprint density at radius 2 is 2.12 bits per heavy atom. The highest BCUT2D eigenvalue weighted by molar-refractivity contribution is 5.77. The Kier molecular flexibility index (Phi) is 2.27. The number of nitrogens with zero attached hydrogens (tertiary/aromatic N) is 2. The number of aromatic amines is 1. The molecule has 2 atom stereocenters. The molecular formula is C12H16N4. The highest BCUT2D eigenvalue weighted by Crippen LogP contribution is 2.28. The number of hydrogen-bond donors (Lipinski definition) is 2. The van der Waals surface area contributed by atoms with Crippen molar-refractivity contribution in [3.8, 4) is 0 Å². The second-order valence-electron chi connectivity index (χ2n) is 4.69. The number of fused-ring (bicyclic) bond motifs is 1. The molecule has 0 amide bonds. The molecule has 0 radical (unpaired) electrons. The molecule has 2 unspecified atom stereocenters. The molecule has 84 valence electrons. The molecule has 1 saturated carbocycles. The van der Waals surface area contributed by atoms with Gasteiger partial charge in [0.1, 0.15) is 11.0 Å². The van der Waals surface area contributed by atoms with E-state index in [0.29, 0.717) is 6.04 Å². The Morgan fingerprint density at radius 1 is 1.25 bits per heavy atom. The molecule has 4 nitrogen and oxygen atoms in total. The molecular weight excluding hydrogens is 200 g/mol. The summed E-state index contributed by atoms with van der Waals surface area (Å²) in [6, 6.07) is 6.75. The molecule has 0 saturated heterocycles. The van der Waals surface area contributed by atoms with Crippen LogP contribution in [0.4, 0.5) is 5.69 Å². The first-order valence-corrected chi connectivity index (χ1v) is 5.90. The molecule has 1 fully saturated rings. The zero-order valence-electron chi connectivity index (χ0n) is 9.40. The van der Waals surface area contributed by atoms with Crippen LogP contribution in [0.5, 0.6) is 0 Å². The van der Waals surface area contributed by atoms with Crippen molar-refractivity contribution in [1.29, 1.82) is 0 Å². The minimum atomic E-state index is 0.615.